The Kier molecular flexibility index (Phi) is 6.17. The van der Waals surface area contributed by atoms with Crippen molar-refractivity contribution in [2.75, 3.05) is 11.4 Å². The van der Waals surface area contributed by atoms with Crippen LogP contribution in [0.25, 0.3) is 0 Å². The normalized spacial score (nSPS) is 16.8. The first-order valence-corrected chi connectivity index (χ1v) is 9.03. The molecule has 0 aromatic heterocycles. The summed E-state index contributed by atoms with van der Waals surface area (Å²) in [6, 6.07) is 7.55. The van der Waals surface area contributed by atoms with Crippen molar-refractivity contribution in [1.82, 2.24) is 0 Å². The molecule has 2 rings (SSSR count). The van der Waals surface area contributed by atoms with Gasteiger partial charge in [-0.05, 0) is 48.8 Å². The average molecular weight is 342 g/mol. The van der Waals surface area contributed by atoms with Crippen molar-refractivity contribution in [3.63, 3.8) is 0 Å². The number of allylic oxidation sites excluding steroid dienone is 1. The van der Waals surface area contributed by atoms with Crippen molar-refractivity contribution in [3.8, 4) is 0 Å². The van der Waals surface area contributed by atoms with Gasteiger partial charge in [-0.1, -0.05) is 45.0 Å². The van der Waals surface area contributed by atoms with E-state index in [1.807, 2.05) is 29.2 Å². The fourth-order valence-electron chi connectivity index (χ4n) is 3.31. The molecule has 0 unspecified atom stereocenters. The van der Waals surface area contributed by atoms with Gasteiger partial charge in [0.15, 0.2) is 0 Å². The molecule has 4 heteroatoms. The second-order valence-electron chi connectivity index (χ2n) is 8.21. The molecule has 0 saturated carbocycles. The SMILES string of the molecule is C[C@H](N)C(=O)C[C@H](/C=C/C(=O)N1CCc2ccccc21)CC(C)(C)C. The molecule has 0 saturated heterocycles. The lowest BCUT2D eigenvalue weighted by molar-refractivity contribution is -0.120. The first-order valence-electron chi connectivity index (χ1n) is 9.03. The van der Waals surface area contributed by atoms with Gasteiger partial charge < -0.3 is 10.6 Å². The molecule has 0 fully saturated rings. The summed E-state index contributed by atoms with van der Waals surface area (Å²) in [5.74, 6) is 0.0512. The summed E-state index contributed by atoms with van der Waals surface area (Å²) in [6.45, 7) is 8.85. The maximum Gasteiger partial charge on any atom is 0.250 e. The number of hydrogen-bond donors (Lipinski definition) is 1. The van der Waals surface area contributed by atoms with Crippen molar-refractivity contribution in [2.24, 2.45) is 17.1 Å². The highest BCUT2D eigenvalue weighted by atomic mass is 16.2. The molecule has 0 aliphatic carbocycles. The van der Waals surface area contributed by atoms with Crippen LogP contribution in [0.5, 0.6) is 0 Å². The second kappa shape index (κ2) is 7.96. The lowest BCUT2D eigenvalue weighted by atomic mass is 9.82. The number of anilines is 1. The van der Waals surface area contributed by atoms with E-state index in [9.17, 15) is 9.59 Å². The van der Waals surface area contributed by atoms with Gasteiger partial charge in [0.05, 0.1) is 6.04 Å². The van der Waals surface area contributed by atoms with E-state index < -0.39 is 6.04 Å². The number of carbonyl (C=O) groups is 2. The lowest BCUT2D eigenvalue weighted by Gasteiger charge is -2.24. The Morgan fingerprint density at radius 1 is 1.28 bits per heavy atom. The lowest BCUT2D eigenvalue weighted by Crippen LogP contribution is -2.29. The summed E-state index contributed by atoms with van der Waals surface area (Å²) in [5.41, 5.74) is 7.99. The minimum absolute atomic E-state index is 0.0166. The Hall–Kier alpha value is -1.94. The quantitative estimate of drug-likeness (QED) is 0.805. The number of benzene rings is 1. The number of nitrogens with two attached hydrogens (primary N) is 1. The van der Waals surface area contributed by atoms with Crippen LogP contribution in [0, 0.1) is 11.3 Å². The fraction of sp³-hybridized carbons (Fsp3) is 0.524. The smallest absolute Gasteiger partial charge is 0.250 e. The van der Waals surface area contributed by atoms with E-state index in [4.69, 9.17) is 5.73 Å². The molecule has 1 aliphatic rings. The molecule has 1 aromatic carbocycles. The molecule has 1 aliphatic heterocycles. The van der Waals surface area contributed by atoms with Crippen LogP contribution in [-0.4, -0.2) is 24.3 Å². The molecule has 136 valence electrons. The Labute approximate surface area is 151 Å². The zero-order chi connectivity index (χ0) is 18.6. The van der Waals surface area contributed by atoms with Gasteiger partial charge in [-0.3, -0.25) is 9.59 Å². The maximum absolute atomic E-state index is 12.6. The van der Waals surface area contributed by atoms with Crippen LogP contribution >= 0.6 is 0 Å². The van der Waals surface area contributed by atoms with E-state index in [1.165, 1.54) is 5.56 Å². The van der Waals surface area contributed by atoms with E-state index in [0.29, 0.717) is 13.0 Å². The highest BCUT2D eigenvalue weighted by molar-refractivity contribution is 6.02. The number of Topliss-reactive ketones (excluding diaryl/α,β-unsaturated/α-hetero) is 1. The van der Waals surface area contributed by atoms with Gasteiger partial charge in [0, 0.05) is 18.7 Å². The molecule has 4 nitrogen and oxygen atoms in total. The molecule has 25 heavy (non-hydrogen) atoms. The van der Waals surface area contributed by atoms with Gasteiger partial charge in [0.25, 0.3) is 5.91 Å². The van der Waals surface area contributed by atoms with Crippen molar-refractivity contribution in [2.45, 2.75) is 53.0 Å². The summed E-state index contributed by atoms with van der Waals surface area (Å²) in [5, 5.41) is 0. The van der Waals surface area contributed by atoms with Crippen LogP contribution in [0.1, 0.15) is 46.1 Å². The molecule has 2 atom stereocenters. The van der Waals surface area contributed by atoms with Crippen molar-refractivity contribution < 1.29 is 9.59 Å². The third-order valence-electron chi connectivity index (χ3n) is 4.51. The fourth-order valence-corrected chi connectivity index (χ4v) is 3.31. The Morgan fingerprint density at radius 3 is 2.60 bits per heavy atom. The predicted octanol–water partition coefficient (Wildman–Crippen LogP) is 3.49. The topological polar surface area (TPSA) is 63.4 Å². The molecular weight excluding hydrogens is 312 g/mol. The molecule has 0 radical (unpaired) electrons. The molecule has 0 spiro atoms. The Morgan fingerprint density at radius 2 is 1.96 bits per heavy atom. The molecular formula is C21H30N2O2. The van der Waals surface area contributed by atoms with Gasteiger partial charge >= 0.3 is 0 Å². The number of amides is 1. The molecule has 1 aromatic rings. The van der Waals surface area contributed by atoms with Gasteiger partial charge in [-0.15, -0.1) is 0 Å². The van der Waals surface area contributed by atoms with Crippen LogP contribution in [0.15, 0.2) is 36.4 Å². The molecule has 1 heterocycles. The van der Waals surface area contributed by atoms with Crippen LogP contribution in [-0.2, 0) is 16.0 Å². The highest BCUT2D eigenvalue weighted by Gasteiger charge is 2.24. The van der Waals surface area contributed by atoms with E-state index >= 15 is 0 Å². The molecule has 1 amide bonds. The standard InChI is InChI=1S/C21H30N2O2/c1-15(22)19(24)13-16(14-21(2,3)4)9-10-20(25)23-12-11-17-7-5-6-8-18(17)23/h5-10,15-16H,11-14,22H2,1-4H3/b10-9+/t15-,16-/m0/s1. The number of rotatable bonds is 6. The number of hydrogen-bond acceptors (Lipinski definition) is 3. The number of para-hydroxylation sites is 1. The third-order valence-corrected chi connectivity index (χ3v) is 4.51. The maximum atomic E-state index is 12.6. The first-order chi connectivity index (χ1) is 11.7. The Bertz CT molecular complexity index is 656. The summed E-state index contributed by atoms with van der Waals surface area (Å²) in [6.07, 6.45) is 5.65. The third kappa shape index (κ3) is 5.53. The zero-order valence-corrected chi connectivity index (χ0v) is 15.8. The van der Waals surface area contributed by atoms with Gasteiger partial charge in [0.2, 0.25) is 0 Å². The number of nitrogens with zero attached hydrogens (tertiary/aromatic N) is 1. The molecule has 0 bridgehead atoms. The monoisotopic (exact) mass is 342 g/mol. The van der Waals surface area contributed by atoms with Crippen molar-refractivity contribution in [3.05, 3.63) is 42.0 Å². The van der Waals surface area contributed by atoms with Gasteiger partial charge in [0.1, 0.15) is 5.78 Å². The number of fused-ring (bicyclic) bond motifs is 1. The second-order valence-corrected chi connectivity index (χ2v) is 8.21. The minimum Gasteiger partial charge on any atom is -0.322 e. The average Bonchev–Trinajstić information content (AvgIpc) is 2.94. The van der Waals surface area contributed by atoms with Crippen molar-refractivity contribution in [1.29, 1.82) is 0 Å². The van der Waals surface area contributed by atoms with Crippen LogP contribution in [0.2, 0.25) is 0 Å². The predicted molar refractivity (Wildman–Crippen MR) is 102 cm³/mol. The zero-order valence-electron chi connectivity index (χ0n) is 15.8. The van der Waals surface area contributed by atoms with E-state index in [2.05, 4.69) is 26.8 Å². The van der Waals surface area contributed by atoms with Crippen LogP contribution in [0.3, 0.4) is 0 Å². The van der Waals surface area contributed by atoms with Gasteiger partial charge in [-0.2, -0.15) is 0 Å². The number of ketones is 1. The summed E-state index contributed by atoms with van der Waals surface area (Å²) < 4.78 is 0. The summed E-state index contributed by atoms with van der Waals surface area (Å²) in [7, 11) is 0. The molecule has 2 N–H and O–H groups in total. The van der Waals surface area contributed by atoms with E-state index in [-0.39, 0.29) is 23.0 Å². The highest BCUT2D eigenvalue weighted by Crippen LogP contribution is 2.29. The largest absolute Gasteiger partial charge is 0.322 e. The first kappa shape index (κ1) is 19.4. The van der Waals surface area contributed by atoms with Crippen LogP contribution in [0.4, 0.5) is 5.69 Å². The van der Waals surface area contributed by atoms with Gasteiger partial charge in [-0.25, -0.2) is 0 Å². The van der Waals surface area contributed by atoms with Crippen LogP contribution < -0.4 is 10.6 Å². The summed E-state index contributed by atoms with van der Waals surface area (Å²) in [4.78, 5) is 26.5. The van der Waals surface area contributed by atoms with E-state index in [1.54, 1.807) is 13.0 Å². The number of carbonyl (C=O) groups excluding carboxylic acids is 2. The Balaban J connectivity index is 2.09. The van der Waals surface area contributed by atoms with E-state index in [0.717, 1.165) is 18.5 Å². The van der Waals surface area contributed by atoms with Crippen molar-refractivity contribution >= 4 is 17.4 Å². The minimum atomic E-state index is -0.461. The summed E-state index contributed by atoms with van der Waals surface area (Å²) >= 11 is 0.